The molecule has 0 heterocycles. The largest absolute Gasteiger partial charge is 0.308 e. The predicted molar refractivity (Wildman–Crippen MR) is 66.6 cm³/mol. The lowest BCUT2D eigenvalue weighted by Crippen LogP contribution is -3.14. The van der Waals surface area contributed by atoms with Crippen molar-refractivity contribution in [3.8, 4) is 0 Å². The molecule has 1 saturated carbocycles. The van der Waals surface area contributed by atoms with Crippen LogP contribution in [0.1, 0.15) is 0 Å². The average Bonchev–Trinajstić information content (AvgIpc) is 2.14. The number of hydrogen-bond acceptors (Lipinski definition) is 12. The molecule has 0 radical (unpaired) electrons. The van der Waals surface area contributed by atoms with Crippen LogP contribution in [0.4, 0.5) is 0 Å². The summed E-state index contributed by atoms with van der Waals surface area (Å²) in [7, 11) is 0. The smallest absolute Gasteiger partial charge is 0.134 e. The normalized spacial score (nSPS) is 34.0. The van der Waals surface area contributed by atoms with Gasteiger partial charge < -0.3 is 68.8 Å². The molecule has 108 valence electrons. The molecule has 1 rings (SSSR count). The van der Waals surface area contributed by atoms with Gasteiger partial charge in [0.05, 0.1) is 0 Å². The van der Waals surface area contributed by atoms with Gasteiger partial charge in [0.15, 0.2) is 0 Å². The van der Waals surface area contributed by atoms with Crippen molar-refractivity contribution in [1.29, 1.82) is 0 Å². The molecule has 0 unspecified atom stereocenters. The second kappa shape index (κ2) is 3.15. The van der Waals surface area contributed by atoms with Crippen LogP contribution in [0.2, 0.25) is 0 Å². The average molecular weight is 264 g/mol. The Labute approximate surface area is 104 Å². The van der Waals surface area contributed by atoms with Crippen molar-refractivity contribution in [1.82, 2.24) is 0 Å². The van der Waals surface area contributed by atoms with Crippen molar-refractivity contribution in [2.45, 2.75) is 34.0 Å². The summed E-state index contributed by atoms with van der Waals surface area (Å²) in [5, 5.41) is 0. The first-order chi connectivity index (χ1) is 7.50. The van der Waals surface area contributed by atoms with Gasteiger partial charge in [-0.1, -0.05) is 0 Å². The van der Waals surface area contributed by atoms with E-state index in [0.29, 0.717) is 0 Å². The van der Waals surface area contributed by atoms with Crippen molar-refractivity contribution < 1.29 is 0 Å². The summed E-state index contributed by atoms with van der Waals surface area (Å²) in [6, 6.07) is 0. The Morgan fingerprint density at radius 1 is 0.222 bits per heavy atom. The number of hydrogen-bond donors (Lipinski definition) is 12. The van der Waals surface area contributed by atoms with Gasteiger partial charge in [-0.3, -0.25) is 0 Å². The topological polar surface area (TPSA) is 312 Å². The first-order valence-electron chi connectivity index (χ1n) is 4.96. The Bertz CT molecular complexity index is 248. The summed E-state index contributed by atoms with van der Waals surface area (Å²) in [4.78, 5) is 0. The summed E-state index contributed by atoms with van der Waals surface area (Å²) in [5.41, 5.74) is 55.5. The molecule has 0 amide bonds. The molecule has 24 N–H and O–H groups in total. The molecule has 1 aliphatic carbocycles. The van der Waals surface area contributed by atoms with Gasteiger partial charge in [-0.15, -0.1) is 0 Å². The molecule has 1 aliphatic rings. The molecule has 0 aliphatic heterocycles. The molecule has 0 atom stereocenters. The Kier molecular flexibility index (Phi) is 2.73. The van der Waals surface area contributed by atoms with Crippen LogP contribution in [0.25, 0.3) is 0 Å². The van der Waals surface area contributed by atoms with Crippen LogP contribution >= 0.6 is 0 Å². The molecule has 18 heavy (non-hydrogen) atoms. The standard InChI is InChI=1S/C6H24N12/c7-1(8)2(9,10)4(13,14)6(17,18)5(15,16)3(1,11)12/h7-18H2. The molecular formula is C6H24N12. The molecule has 0 aromatic heterocycles. The van der Waals surface area contributed by atoms with Gasteiger partial charge in [-0.05, 0) is 0 Å². The van der Waals surface area contributed by atoms with Crippen LogP contribution in [0, 0.1) is 0 Å². The zero-order chi connectivity index (χ0) is 15.0. The molecule has 1 fully saturated rings. The van der Waals surface area contributed by atoms with E-state index in [9.17, 15) is 0 Å². The van der Waals surface area contributed by atoms with Gasteiger partial charge in [0.25, 0.3) is 0 Å². The number of nitrogens with two attached hydrogens (primary N) is 12. The first-order valence-corrected chi connectivity index (χ1v) is 4.96. The highest BCUT2D eigenvalue weighted by molar-refractivity contribution is 5.38. The third-order valence-electron chi connectivity index (χ3n) is 4.11. The quantitative estimate of drug-likeness (QED) is 0.181. The van der Waals surface area contributed by atoms with E-state index >= 15 is 0 Å². The van der Waals surface area contributed by atoms with Gasteiger partial charge in [-0.25, -0.2) is 0 Å². The van der Waals surface area contributed by atoms with E-state index in [-0.39, 0.29) is 0 Å². The van der Waals surface area contributed by atoms with Crippen molar-refractivity contribution in [2.24, 2.45) is 68.8 Å². The van der Waals surface area contributed by atoms with Gasteiger partial charge in [0.1, 0.15) is 34.0 Å². The monoisotopic (exact) mass is 264 g/mol. The maximum Gasteiger partial charge on any atom is 0.134 e. The van der Waals surface area contributed by atoms with Crippen LogP contribution in [0.5, 0.6) is 0 Å². The maximum absolute atomic E-state index is 5.75. The second-order valence-electron chi connectivity index (χ2n) is 5.21. The minimum atomic E-state index is -2.25. The van der Waals surface area contributed by atoms with Crippen molar-refractivity contribution in [3.63, 3.8) is 0 Å². The van der Waals surface area contributed by atoms with E-state index in [1.807, 2.05) is 0 Å². The highest BCUT2D eigenvalue weighted by Crippen LogP contribution is 2.39. The van der Waals surface area contributed by atoms with E-state index in [2.05, 4.69) is 0 Å². The molecule has 0 spiro atoms. The minimum Gasteiger partial charge on any atom is -0.308 e. The lowest BCUT2D eigenvalue weighted by Gasteiger charge is -2.70. The molecule has 0 bridgehead atoms. The summed E-state index contributed by atoms with van der Waals surface area (Å²) in [5.74, 6) is 0. The molecule has 0 aromatic rings. The van der Waals surface area contributed by atoms with Crippen molar-refractivity contribution in [2.75, 3.05) is 0 Å². The zero-order valence-corrected chi connectivity index (χ0v) is 9.93. The predicted octanol–water partition coefficient (Wildman–Crippen LogP) is -8.32. The maximum atomic E-state index is 5.75. The summed E-state index contributed by atoms with van der Waals surface area (Å²) >= 11 is 0. The van der Waals surface area contributed by atoms with Gasteiger partial charge in [-0.2, -0.15) is 0 Å². The van der Waals surface area contributed by atoms with E-state index in [0.717, 1.165) is 0 Å². The van der Waals surface area contributed by atoms with E-state index in [4.69, 9.17) is 68.8 Å². The van der Waals surface area contributed by atoms with Crippen LogP contribution in [0.3, 0.4) is 0 Å². The molecular weight excluding hydrogens is 240 g/mol. The molecule has 0 saturated heterocycles. The Morgan fingerprint density at radius 3 is 0.333 bits per heavy atom. The molecule has 12 nitrogen and oxygen atoms in total. The van der Waals surface area contributed by atoms with E-state index in [1.165, 1.54) is 0 Å². The lowest BCUT2D eigenvalue weighted by molar-refractivity contribution is -0.110. The van der Waals surface area contributed by atoms with Crippen LogP contribution < -0.4 is 68.8 Å². The molecule has 0 aromatic carbocycles. The van der Waals surface area contributed by atoms with E-state index < -0.39 is 34.0 Å². The van der Waals surface area contributed by atoms with Gasteiger partial charge in [0.2, 0.25) is 0 Å². The Hall–Kier alpha value is -0.480. The lowest BCUT2D eigenvalue weighted by atomic mass is 9.56. The number of rotatable bonds is 0. The fourth-order valence-corrected chi connectivity index (χ4v) is 2.05. The summed E-state index contributed by atoms with van der Waals surface area (Å²) < 4.78 is 0. The van der Waals surface area contributed by atoms with Crippen LogP contribution in [0.15, 0.2) is 0 Å². The van der Waals surface area contributed by atoms with Crippen molar-refractivity contribution >= 4 is 0 Å². The first kappa shape index (κ1) is 15.6. The third kappa shape index (κ3) is 1.14. The third-order valence-corrected chi connectivity index (χ3v) is 4.11. The van der Waals surface area contributed by atoms with Gasteiger partial charge >= 0.3 is 0 Å². The fourth-order valence-electron chi connectivity index (χ4n) is 2.05. The Balaban J connectivity index is 3.72. The summed E-state index contributed by atoms with van der Waals surface area (Å²) in [6.07, 6.45) is 0. The Morgan fingerprint density at radius 2 is 0.278 bits per heavy atom. The highest BCUT2D eigenvalue weighted by Gasteiger charge is 2.79. The van der Waals surface area contributed by atoms with Gasteiger partial charge in [0, 0.05) is 0 Å². The van der Waals surface area contributed by atoms with Crippen LogP contribution in [-0.4, -0.2) is 34.0 Å². The zero-order valence-electron chi connectivity index (χ0n) is 9.93. The van der Waals surface area contributed by atoms with Crippen molar-refractivity contribution in [3.05, 3.63) is 0 Å². The SMILES string of the molecule is NC1(N)C(N)(N)C(N)(N)C(N)(N)C(N)(N)C1(N)N. The van der Waals surface area contributed by atoms with Crippen LogP contribution in [-0.2, 0) is 0 Å². The molecule has 12 heteroatoms. The second-order valence-corrected chi connectivity index (χ2v) is 5.21. The minimum absolute atomic E-state index is 2.25. The van der Waals surface area contributed by atoms with E-state index in [1.54, 1.807) is 0 Å². The fraction of sp³-hybridized carbons (Fsp3) is 1.00. The highest BCUT2D eigenvalue weighted by atomic mass is 15.4. The summed E-state index contributed by atoms with van der Waals surface area (Å²) in [6.45, 7) is 0.